The predicted molar refractivity (Wildman–Crippen MR) is 67.2 cm³/mol. The Kier molecular flexibility index (Phi) is 4.04. The largest absolute Gasteiger partial charge is 0.322 e. The van der Waals surface area contributed by atoms with Crippen molar-refractivity contribution < 1.29 is 9.18 Å². The molecule has 1 aromatic carbocycles. The van der Waals surface area contributed by atoms with E-state index in [1.807, 2.05) is 26.8 Å². The Morgan fingerprint density at radius 2 is 2.11 bits per heavy atom. The van der Waals surface area contributed by atoms with Crippen LogP contribution in [0.2, 0.25) is 0 Å². The highest BCUT2D eigenvalue weighted by Crippen LogP contribution is 2.20. The van der Waals surface area contributed by atoms with Gasteiger partial charge in [-0.1, -0.05) is 20.8 Å². The van der Waals surface area contributed by atoms with Gasteiger partial charge in [0, 0.05) is 0 Å². The third-order valence-electron chi connectivity index (χ3n) is 2.57. The molecule has 5 heteroatoms. The summed E-state index contributed by atoms with van der Waals surface area (Å²) in [5.41, 5.74) is 5.58. The summed E-state index contributed by atoms with van der Waals surface area (Å²) in [6, 6.07) is 4.92. The highest BCUT2D eigenvalue weighted by atomic mass is 19.1. The normalized spacial score (nSPS) is 12.7. The molecule has 0 saturated carbocycles. The van der Waals surface area contributed by atoms with E-state index in [4.69, 9.17) is 11.0 Å². The van der Waals surface area contributed by atoms with Gasteiger partial charge < -0.3 is 11.1 Å². The first kappa shape index (κ1) is 14.1. The van der Waals surface area contributed by atoms with Gasteiger partial charge in [-0.3, -0.25) is 4.79 Å². The van der Waals surface area contributed by atoms with Crippen molar-refractivity contribution in [3.05, 3.63) is 29.6 Å². The first-order valence-corrected chi connectivity index (χ1v) is 5.52. The number of rotatable bonds is 2. The quantitative estimate of drug-likeness (QED) is 0.841. The average molecular weight is 249 g/mol. The SMILES string of the molecule is CC(C)(C)C(N)C(=O)Nc1ccc(C#N)cc1F. The molecule has 1 atom stereocenters. The molecule has 0 aromatic heterocycles. The highest BCUT2D eigenvalue weighted by Gasteiger charge is 2.27. The molecule has 1 rings (SSSR count). The fraction of sp³-hybridized carbons (Fsp3) is 0.385. The molecule has 96 valence electrons. The number of benzene rings is 1. The van der Waals surface area contributed by atoms with Gasteiger partial charge in [-0.25, -0.2) is 4.39 Å². The molecule has 0 saturated heterocycles. The number of nitrogens with two attached hydrogens (primary N) is 1. The number of anilines is 1. The van der Waals surface area contributed by atoms with E-state index in [1.54, 1.807) is 0 Å². The smallest absolute Gasteiger partial charge is 0.241 e. The maximum absolute atomic E-state index is 13.6. The number of hydrogen-bond acceptors (Lipinski definition) is 3. The van der Waals surface area contributed by atoms with Gasteiger partial charge in [0.2, 0.25) is 5.91 Å². The first-order valence-electron chi connectivity index (χ1n) is 5.52. The van der Waals surface area contributed by atoms with Gasteiger partial charge in [-0.2, -0.15) is 5.26 Å². The molecule has 1 amide bonds. The number of carbonyl (C=O) groups is 1. The van der Waals surface area contributed by atoms with E-state index in [-0.39, 0.29) is 11.3 Å². The molecule has 0 aliphatic heterocycles. The van der Waals surface area contributed by atoms with Crippen LogP contribution in [0.5, 0.6) is 0 Å². The Hall–Kier alpha value is -1.93. The molecule has 0 radical (unpaired) electrons. The number of hydrogen-bond donors (Lipinski definition) is 2. The lowest BCUT2D eigenvalue weighted by Crippen LogP contribution is -2.45. The summed E-state index contributed by atoms with van der Waals surface area (Å²) in [4.78, 5) is 11.8. The van der Waals surface area contributed by atoms with Crippen molar-refractivity contribution in [1.82, 2.24) is 0 Å². The van der Waals surface area contributed by atoms with Crippen LogP contribution in [0.3, 0.4) is 0 Å². The molecule has 1 unspecified atom stereocenters. The number of nitrogens with zero attached hydrogens (tertiary/aromatic N) is 1. The van der Waals surface area contributed by atoms with E-state index in [0.717, 1.165) is 6.07 Å². The van der Waals surface area contributed by atoms with Gasteiger partial charge in [-0.05, 0) is 23.6 Å². The Bertz CT molecular complexity index is 500. The standard InChI is InChI=1S/C13H16FN3O/c1-13(2,3)11(16)12(18)17-10-5-4-8(7-15)6-9(10)14/h4-6,11H,16H2,1-3H3,(H,17,18). The lowest BCUT2D eigenvalue weighted by atomic mass is 9.87. The zero-order valence-electron chi connectivity index (χ0n) is 10.6. The molecular weight excluding hydrogens is 233 g/mol. The molecule has 0 fully saturated rings. The van der Waals surface area contributed by atoms with Gasteiger partial charge >= 0.3 is 0 Å². The van der Waals surface area contributed by atoms with Crippen molar-refractivity contribution in [3.8, 4) is 6.07 Å². The predicted octanol–water partition coefficient (Wildman–Crippen LogP) is 2.01. The van der Waals surface area contributed by atoms with Gasteiger partial charge in [-0.15, -0.1) is 0 Å². The minimum atomic E-state index is -0.743. The maximum atomic E-state index is 13.6. The van der Waals surface area contributed by atoms with E-state index in [1.165, 1.54) is 12.1 Å². The second-order valence-electron chi connectivity index (χ2n) is 5.14. The monoisotopic (exact) mass is 249 g/mol. The Balaban J connectivity index is 2.87. The Morgan fingerprint density at radius 3 is 2.56 bits per heavy atom. The van der Waals surface area contributed by atoms with Gasteiger partial charge in [0.25, 0.3) is 0 Å². The molecule has 3 N–H and O–H groups in total. The van der Waals surface area contributed by atoms with Crippen LogP contribution < -0.4 is 11.1 Å². The molecule has 4 nitrogen and oxygen atoms in total. The van der Waals surface area contributed by atoms with Crippen molar-refractivity contribution in [2.45, 2.75) is 26.8 Å². The van der Waals surface area contributed by atoms with Crippen LogP contribution in [0.4, 0.5) is 10.1 Å². The van der Waals surface area contributed by atoms with Crippen LogP contribution in [0.25, 0.3) is 0 Å². The van der Waals surface area contributed by atoms with Crippen LogP contribution in [-0.4, -0.2) is 11.9 Å². The zero-order valence-corrected chi connectivity index (χ0v) is 10.6. The lowest BCUT2D eigenvalue weighted by molar-refractivity contribution is -0.119. The summed E-state index contributed by atoms with van der Waals surface area (Å²) >= 11 is 0. The number of nitriles is 1. The second kappa shape index (κ2) is 5.15. The highest BCUT2D eigenvalue weighted by molar-refractivity contribution is 5.95. The van der Waals surface area contributed by atoms with Crippen LogP contribution in [-0.2, 0) is 4.79 Å². The van der Waals surface area contributed by atoms with E-state index in [9.17, 15) is 9.18 Å². The molecular formula is C13H16FN3O. The van der Waals surface area contributed by atoms with E-state index >= 15 is 0 Å². The van der Waals surface area contributed by atoms with Gasteiger partial charge in [0.05, 0.1) is 23.4 Å². The van der Waals surface area contributed by atoms with E-state index in [0.29, 0.717) is 0 Å². The molecule has 0 aliphatic carbocycles. The Morgan fingerprint density at radius 1 is 1.50 bits per heavy atom. The number of nitrogens with one attached hydrogen (secondary N) is 1. The fourth-order valence-electron chi connectivity index (χ4n) is 1.29. The zero-order chi connectivity index (χ0) is 13.9. The lowest BCUT2D eigenvalue weighted by Gasteiger charge is -2.25. The molecule has 0 bridgehead atoms. The van der Waals surface area contributed by atoms with E-state index in [2.05, 4.69) is 5.32 Å². The number of halogens is 1. The van der Waals surface area contributed by atoms with Crippen molar-refractivity contribution in [3.63, 3.8) is 0 Å². The molecule has 0 aliphatic rings. The van der Waals surface area contributed by atoms with Crippen LogP contribution in [0.15, 0.2) is 18.2 Å². The molecule has 0 heterocycles. The summed E-state index contributed by atoms with van der Waals surface area (Å²) in [5, 5.41) is 11.0. The topological polar surface area (TPSA) is 78.9 Å². The minimum absolute atomic E-state index is 0.0266. The van der Waals surface area contributed by atoms with Crippen molar-refractivity contribution >= 4 is 11.6 Å². The van der Waals surface area contributed by atoms with Crippen LogP contribution >= 0.6 is 0 Å². The van der Waals surface area contributed by atoms with Gasteiger partial charge in [0.1, 0.15) is 5.82 Å². The van der Waals surface area contributed by atoms with Crippen molar-refractivity contribution in [2.75, 3.05) is 5.32 Å². The molecule has 0 spiro atoms. The second-order valence-corrected chi connectivity index (χ2v) is 5.14. The average Bonchev–Trinajstić information content (AvgIpc) is 2.29. The summed E-state index contributed by atoms with van der Waals surface area (Å²) in [6.07, 6.45) is 0. The third-order valence-corrected chi connectivity index (χ3v) is 2.57. The summed E-state index contributed by atoms with van der Waals surface area (Å²) < 4.78 is 13.6. The molecule has 18 heavy (non-hydrogen) atoms. The van der Waals surface area contributed by atoms with E-state index < -0.39 is 23.2 Å². The van der Waals surface area contributed by atoms with Crippen LogP contribution in [0, 0.1) is 22.6 Å². The number of amides is 1. The maximum Gasteiger partial charge on any atom is 0.241 e. The minimum Gasteiger partial charge on any atom is -0.322 e. The van der Waals surface area contributed by atoms with Gasteiger partial charge in [0.15, 0.2) is 0 Å². The fourth-order valence-corrected chi connectivity index (χ4v) is 1.29. The first-order chi connectivity index (χ1) is 8.25. The summed E-state index contributed by atoms with van der Waals surface area (Å²) in [6.45, 7) is 5.48. The summed E-state index contributed by atoms with van der Waals surface area (Å²) in [5.74, 6) is -1.10. The summed E-state index contributed by atoms with van der Waals surface area (Å²) in [7, 11) is 0. The third kappa shape index (κ3) is 3.28. The van der Waals surface area contributed by atoms with Crippen molar-refractivity contribution in [2.24, 2.45) is 11.1 Å². The van der Waals surface area contributed by atoms with Crippen molar-refractivity contribution in [1.29, 1.82) is 5.26 Å². The van der Waals surface area contributed by atoms with Crippen LogP contribution in [0.1, 0.15) is 26.3 Å². The molecule has 1 aromatic rings. The number of carbonyl (C=O) groups excluding carboxylic acids is 1. The Labute approximate surface area is 106 Å².